The molecule has 0 spiro atoms. The maximum Gasteiger partial charge on any atom is 0.346 e. The molecule has 2 unspecified atom stereocenters. The third-order valence-electron chi connectivity index (χ3n) is 3.49. The van der Waals surface area contributed by atoms with Gasteiger partial charge in [0, 0.05) is 6.04 Å². The van der Waals surface area contributed by atoms with E-state index in [9.17, 15) is 4.79 Å². The van der Waals surface area contributed by atoms with Crippen LogP contribution in [0.2, 0.25) is 0 Å². The van der Waals surface area contributed by atoms with E-state index in [-0.39, 0.29) is 5.97 Å². The first-order valence-electron chi connectivity index (χ1n) is 6.76. The molecule has 1 aromatic carbocycles. The van der Waals surface area contributed by atoms with Crippen LogP contribution in [0.4, 0.5) is 0 Å². The summed E-state index contributed by atoms with van der Waals surface area (Å²) in [5.74, 6) is 0.375. The van der Waals surface area contributed by atoms with E-state index in [1.165, 1.54) is 18.2 Å². The summed E-state index contributed by atoms with van der Waals surface area (Å²) < 4.78 is 10.2. The van der Waals surface area contributed by atoms with Gasteiger partial charge >= 0.3 is 5.97 Å². The number of benzene rings is 1. The van der Waals surface area contributed by atoms with Crippen molar-refractivity contribution in [3.63, 3.8) is 0 Å². The molecule has 1 N–H and O–H groups in total. The van der Waals surface area contributed by atoms with Crippen LogP contribution in [0.1, 0.15) is 37.4 Å². The zero-order valence-corrected chi connectivity index (χ0v) is 11.7. The molecular formula is C15H21NO3. The zero-order valence-electron chi connectivity index (χ0n) is 11.7. The number of aryl methyl sites for hydroxylation is 1. The molecule has 104 valence electrons. The number of hydrogen-bond donors (Lipinski definition) is 1. The van der Waals surface area contributed by atoms with E-state index in [0.717, 1.165) is 25.1 Å². The number of hydrogen-bond acceptors (Lipinski definition) is 4. The molecular weight excluding hydrogens is 242 g/mol. The van der Waals surface area contributed by atoms with Crippen molar-refractivity contribution >= 4 is 5.97 Å². The third-order valence-corrected chi connectivity index (χ3v) is 3.49. The lowest BCUT2D eigenvalue weighted by molar-refractivity contribution is -0.147. The first-order chi connectivity index (χ1) is 9.15. The molecule has 0 fully saturated rings. The maximum absolute atomic E-state index is 11.3. The summed E-state index contributed by atoms with van der Waals surface area (Å²) >= 11 is 0. The van der Waals surface area contributed by atoms with E-state index in [4.69, 9.17) is 4.74 Å². The Balaban J connectivity index is 2.08. The van der Waals surface area contributed by atoms with Gasteiger partial charge in [-0.2, -0.15) is 0 Å². The summed E-state index contributed by atoms with van der Waals surface area (Å²) in [5.41, 5.74) is 2.65. The van der Waals surface area contributed by atoms with Crippen molar-refractivity contribution < 1.29 is 14.3 Å². The van der Waals surface area contributed by atoms with Crippen LogP contribution < -0.4 is 10.1 Å². The van der Waals surface area contributed by atoms with Crippen LogP contribution in [0, 0.1) is 0 Å². The number of carbonyl (C=O) groups excluding carboxylic acids is 1. The summed E-state index contributed by atoms with van der Waals surface area (Å²) in [7, 11) is 1.37. The van der Waals surface area contributed by atoms with Gasteiger partial charge in [-0.15, -0.1) is 0 Å². The number of nitrogens with one attached hydrogen (secondary N) is 1. The Labute approximate surface area is 114 Å². The van der Waals surface area contributed by atoms with Crippen molar-refractivity contribution in [2.45, 2.75) is 38.8 Å². The molecule has 0 bridgehead atoms. The number of methoxy groups -OCH3 is 1. The van der Waals surface area contributed by atoms with Gasteiger partial charge in [0.15, 0.2) is 6.10 Å². The molecule has 0 radical (unpaired) electrons. The average Bonchev–Trinajstić information content (AvgIpc) is 2.81. The van der Waals surface area contributed by atoms with Crippen LogP contribution in [0.5, 0.6) is 5.75 Å². The topological polar surface area (TPSA) is 47.6 Å². The Morgan fingerprint density at radius 2 is 2.32 bits per heavy atom. The van der Waals surface area contributed by atoms with Gasteiger partial charge in [0.05, 0.1) is 7.11 Å². The number of rotatable bonds is 5. The number of ether oxygens (including phenoxy) is 2. The maximum atomic E-state index is 11.3. The van der Waals surface area contributed by atoms with Crippen molar-refractivity contribution in [3.05, 3.63) is 29.3 Å². The minimum atomic E-state index is -0.575. The van der Waals surface area contributed by atoms with Crippen molar-refractivity contribution in [3.8, 4) is 5.75 Å². The molecule has 2 rings (SSSR count). The van der Waals surface area contributed by atoms with Crippen molar-refractivity contribution in [2.24, 2.45) is 0 Å². The van der Waals surface area contributed by atoms with Gasteiger partial charge in [0.2, 0.25) is 0 Å². The highest BCUT2D eigenvalue weighted by atomic mass is 16.6. The fourth-order valence-electron chi connectivity index (χ4n) is 2.54. The second-order valence-electron chi connectivity index (χ2n) is 4.79. The van der Waals surface area contributed by atoms with E-state index >= 15 is 0 Å². The van der Waals surface area contributed by atoms with E-state index in [0.29, 0.717) is 6.04 Å². The molecule has 0 aliphatic heterocycles. The molecule has 4 nitrogen and oxygen atoms in total. The summed E-state index contributed by atoms with van der Waals surface area (Å²) in [6.45, 7) is 4.79. The quantitative estimate of drug-likeness (QED) is 0.828. The van der Waals surface area contributed by atoms with Crippen LogP contribution in [-0.4, -0.2) is 25.7 Å². The smallest absolute Gasteiger partial charge is 0.346 e. The van der Waals surface area contributed by atoms with Gasteiger partial charge in [-0.25, -0.2) is 4.79 Å². The second kappa shape index (κ2) is 6.06. The van der Waals surface area contributed by atoms with Gasteiger partial charge in [-0.05, 0) is 49.6 Å². The van der Waals surface area contributed by atoms with Gasteiger partial charge in [0.1, 0.15) is 5.75 Å². The largest absolute Gasteiger partial charge is 0.479 e. The number of carbonyl (C=O) groups is 1. The van der Waals surface area contributed by atoms with Crippen LogP contribution in [-0.2, 0) is 16.0 Å². The van der Waals surface area contributed by atoms with Crippen molar-refractivity contribution in [2.75, 3.05) is 13.7 Å². The van der Waals surface area contributed by atoms with Gasteiger partial charge in [-0.1, -0.05) is 13.0 Å². The molecule has 1 aliphatic rings. The number of esters is 1. The zero-order chi connectivity index (χ0) is 13.8. The fraction of sp³-hybridized carbons (Fsp3) is 0.533. The Morgan fingerprint density at radius 1 is 1.53 bits per heavy atom. The number of fused-ring (bicyclic) bond motifs is 1. The SMILES string of the molecule is CCNC1CCc2cc(OC(C)C(=O)OC)ccc21. The molecule has 0 saturated heterocycles. The predicted molar refractivity (Wildman–Crippen MR) is 73.3 cm³/mol. The molecule has 0 aromatic heterocycles. The summed E-state index contributed by atoms with van der Waals surface area (Å²) in [6, 6.07) is 6.50. The average molecular weight is 263 g/mol. The predicted octanol–water partition coefficient (Wildman–Crippen LogP) is 2.22. The summed E-state index contributed by atoms with van der Waals surface area (Å²) in [4.78, 5) is 11.3. The fourth-order valence-corrected chi connectivity index (χ4v) is 2.54. The van der Waals surface area contributed by atoms with Crippen LogP contribution in [0.25, 0.3) is 0 Å². The molecule has 1 aromatic rings. The van der Waals surface area contributed by atoms with E-state index in [2.05, 4.69) is 23.0 Å². The Bertz CT molecular complexity index is 459. The molecule has 2 atom stereocenters. The lowest BCUT2D eigenvalue weighted by atomic mass is 10.1. The lowest BCUT2D eigenvalue weighted by Crippen LogP contribution is -2.25. The third kappa shape index (κ3) is 3.07. The van der Waals surface area contributed by atoms with Crippen molar-refractivity contribution in [1.29, 1.82) is 0 Å². The lowest BCUT2D eigenvalue weighted by Gasteiger charge is -2.15. The molecule has 1 aliphatic carbocycles. The molecule has 0 saturated carbocycles. The Hall–Kier alpha value is -1.55. The molecule has 0 amide bonds. The van der Waals surface area contributed by atoms with Gasteiger partial charge in [0.25, 0.3) is 0 Å². The van der Waals surface area contributed by atoms with Crippen molar-refractivity contribution in [1.82, 2.24) is 5.32 Å². The standard InChI is InChI=1S/C15H21NO3/c1-4-16-14-8-5-11-9-12(6-7-13(11)14)19-10(2)15(17)18-3/h6-7,9-10,14,16H,4-5,8H2,1-3H3. The minimum absolute atomic E-state index is 0.356. The Morgan fingerprint density at radius 3 is 3.00 bits per heavy atom. The van der Waals surface area contributed by atoms with E-state index < -0.39 is 6.10 Å². The molecule has 4 heteroatoms. The monoisotopic (exact) mass is 263 g/mol. The van der Waals surface area contributed by atoms with Crippen LogP contribution in [0.15, 0.2) is 18.2 Å². The van der Waals surface area contributed by atoms with Gasteiger partial charge < -0.3 is 14.8 Å². The van der Waals surface area contributed by atoms with Crippen LogP contribution >= 0.6 is 0 Å². The summed E-state index contributed by atoms with van der Waals surface area (Å²) in [5, 5.41) is 3.47. The first kappa shape index (κ1) is 13.9. The van der Waals surface area contributed by atoms with Gasteiger partial charge in [-0.3, -0.25) is 0 Å². The minimum Gasteiger partial charge on any atom is -0.479 e. The van der Waals surface area contributed by atoms with E-state index in [1.807, 2.05) is 12.1 Å². The highest BCUT2D eigenvalue weighted by Crippen LogP contribution is 2.33. The highest BCUT2D eigenvalue weighted by molar-refractivity contribution is 5.74. The summed E-state index contributed by atoms with van der Waals surface area (Å²) in [6.07, 6.45) is 1.60. The Kier molecular flexibility index (Phi) is 4.43. The normalized spacial score (nSPS) is 18.8. The van der Waals surface area contributed by atoms with Crippen LogP contribution in [0.3, 0.4) is 0 Å². The van der Waals surface area contributed by atoms with E-state index in [1.54, 1.807) is 6.92 Å². The molecule has 0 heterocycles. The highest BCUT2D eigenvalue weighted by Gasteiger charge is 2.22. The molecule has 19 heavy (non-hydrogen) atoms. The first-order valence-corrected chi connectivity index (χ1v) is 6.76. The second-order valence-corrected chi connectivity index (χ2v) is 4.79.